The SMILES string of the molecule is Cc1cccc(OCCCN2C(=O)[C@@H]3CC=CC[C@H]3C2=O)c1. The molecule has 2 atom stereocenters. The predicted octanol–water partition coefficient (Wildman–Crippen LogP) is 2.72. The van der Waals surface area contributed by atoms with Gasteiger partial charge in [-0.2, -0.15) is 0 Å². The predicted molar refractivity (Wildman–Crippen MR) is 83.4 cm³/mol. The number of carbonyl (C=O) groups excluding carboxylic acids is 2. The fourth-order valence-electron chi connectivity index (χ4n) is 3.21. The molecule has 0 bridgehead atoms. The number of hydrogen-bond donors (Lipinski definition) is 0. The molecule has 3 rings (SSSR count). The van der Waals surface area contributed by atoms with Crippen LogP contribution in [0.5, 0.6) is 5.75 Å². The van der Waals surface area contributed by atoms with E-state index < -0.39 is 0 Å². The maximum atomic E-state index is 12.3. The highest BCUT2D eigenvalue weighted by atomic mass is 16.5. The van der Waals surface area contributed by atoms with Gasteiger partial charge < -0.3 is 4.74 Å². The van der Waals surface area contributed by atoms with Gasteiger partial charge in [-0.3, -0.25) is 14.5 Å². The van der Waals surface area contributed by atoms with Crippen LogP contribution in [0.4, 0.5) is 0 Å². The Kier molecular flexibility index (Phi) is 4.27. The van der Waals surface area contributed by atoms with Gasteiger partial charge in [0.1, 0.15) is 5.75 Å². The molecule has 4 heteroatoms. The average molecular weight is 299 g/mol. The summed E-state index contributed by atoms with van der Waals surface area (Å²) in [4.78, 5) is 26.0. The fourth-order valence-corrected chi connectivity index (χ4v) is 3.21. The van der Waals surface area contributed by atoms with E-state index in [2.05, 4.69) is 0 Å². The van der Waals surface area contributed by atoms with Crippen LogP contribution in [0.25, 0.3) is 0 Å². The molecule has 1 saturated heterocycles. The van der Waals surface area contributed by atoms with Crippen LogP contribution >= 0.6 is 0 Å². The summed E-state index contributed by atoms with van der Waals surface area (Å²) in [6.07, 6.45) is 6.09. The molecule has 1 heterocycles. The van der Waals surface area contributed by atoms with E-state index >= 15 is 0 Å². The Bertz CT molecular complexity index is 582. The minimum absolute atomic E-state index is 0.00472. The molecule has 0 N–H and O–H groups in total. The molecule has 2 aliphatic rings. The molecule has 22 heavy (non-hydrogen) atoms. The number of nitrogens with zero attached hydrogens (tertiary/aromatic N) is 1. The van der Waals surface area contributed by atoms with E-state index in [9.17, 15) is 9.59 Å². The number of imide groups is 1. The molecule has 116 valence electrons. The van der Waals surface area contributed by atoms with Crippen molar-refractivity contribution in [2.24, 2.45) is 11.8 Å². The van der Waals surface area contributed by atoms with Crippen LogP contribution in [0.3, 0.4) is 0 Å². The molecule has 2 amide bonds. The van der Waals surface area contributed by atoms with Crippen molar-refractivity contribution in [1.29, 1.82) is 0 Å². The van der Waals surface area contributed by atoms with Crippen LogP contribution in [0, 0.1) is 18.8 Å². The summed E-state index contributed by atoms with van der Waals surface area (Å²) in [6, 6.07) is 7.87. The fraction of sp³-hybridized carbons (Fsp3) is 0.444. The molecule has 0 unspecified atom stereocenters. The highest BCUT2D eigenvalue weighted by Gasteiger charge is 2.46. The Morgan fingerprint density at radius 2 is 1.82 bits per heavy atom. The van der Waals surface area contributed by atoms with E-state index in [-0.39, 0.29) is 23.7 Å². The van der Waals surface area contributed by atoms with Crippen molar-refractivity contribution in [3.05, 3.63) is 42.0 Å². The van der Waals surface area contributed by atoms with Crippen LogP contribution in [0.2, 0.25) is 0 Å². The second-order valence-electron chi connectivity index (χ2n) is 6.00. The Morgan fingerprint density at radius 1 is 1.14 bits per heavy atom. The lowest BCUT2D eigenvalue weighted by atomic mass is 9.85. The van der Waals surface area contributed by atoms with E-state index in [0.717, 1.165) is 11.3 Å². The van der Waals surface area contributed by atoms with Gasteiger partial charge in [0.2, 0.25) is 11.8 Å². The number of benzene rings is 1. The summed E-state index contributed by atoms with van der Waals surface area (Å²) in [5.74, 6) is 0.562. The van der Waals surface area contributed by atoms with E-state index in [1.807, 2.05) is 43.3 Å². The first-order valence-electron chi connectivity index (χ1n) is 7.86. The number of allylic oxidation sites excluding steroid dienone is 2. The number of ether oxygens (including phenoxy) is 1. The maximum absolute atomic E-state index is 12.3. The van der Waals surface area contributed by atoms with E-state index in [4.69, 9.17) is 4.74 Å². The third-order valence-electron chi connectivity index (χ3n) is 4.38. The molecule has 1 aliphatic heterocycles. The van der Waals surface area contributed by atoms with Crippen molar-refractivity contribution < 1.29 is 14.3 Å². The zero-order valence-electron chi connectivity index (χ0n) is 12.8. The number of amides is 2. The largest absolute Gasteiger partial charge is 0.494 e. The van der Waals surface area contributed by atoms with Gasteiger partial charge in [-0.25, -0.2) is 0 Å². The third-order valence-corrected chi connectivity index (χ3v) is 4.38. The van der Waals surface area contributed by atoms with Crippen molar-refractivity contribution in [3.63, 3.8) is 0 Å². The summed E-state index contributed by atoms with van der Waals surface area (Å²) in [7, 11) is 0. The minimum atomic E-state index is -0.129. The lowest BCUT2D eigenvalue weighted by molar-refractivity contribution is -0.140. The normalized spacial score (nSPS) is 23.8. The average Bonchev–Trinajstić information content (AvgIpc) is 2.77. The molecule has 1 fully saturated rings. The summed E-state index contributed by atoms with van der Waals surface area (Å²) in [5.41, 5.74) is 1.15. The second kappa shape index (κ2) is 6.34. The summed E-state index contributed by atoms with van der Waals surface area (Å²) in [5, 5.41) is 0. The zero-order valence-corrected chi connectivity index (χ0v) is 12.8. The number of likely N-dealkylation sites (tertiary alicyclic amines) is 1. The maximum Gasteiger partial charge on any atom is 0.233 e. The van der Waals surface area contributed by atoms with Crippen molar-refractivity contribution >= 4 is 11.8 Å². The molecular formula is C18H21NO3. The Morgan fingerprint density at radius 3 is 2.45 bits per heavy atom. The van der Waals surface area contributed by atoms with Gasteiger partial charge in [-0.1, -0.05) is 24.3 Å². The van der Waals surface area contributed by atoms with Gasteiger partial charge in [0.05, 0.1) is 18.4 Å². The smallest absolute Gasteiger partial charge is 0.233 e. The number of aryl methyl sites for hydroxylation is 1. The first-order chi connectivity index (χ1) is 10.7. The molecule has 0 radical (unpaired) electrons. The van der Waals surface area contributed by atoms with Crippen LogP contribution in [-0.2, 0) is 9.59 Å². The quantitative estimate of drug-likeness (QED) is 0.477. The topological polar surface area (TPSA) is 46.6 Å². The Hall–Kier alpha value is -2.10. The van der Waals surface area contributed by atoms with E-state index in [0.29, 0.717) is 32.4 Å². The van der Waals surface area contributed by atoms with E-state index in [1.54, 1.807) is 0 Å². The standard InChI is InChI=1S/C18H21NO3/c1-13-6-4-7-14(12-13)22-11-5-10-19-17(20)15-8-2-3-9-16(15)18(19)21/h2-4,6-7,12,15-16H,5,8-11H2,1H3/t15-,16-/m1/s1. The van der Waals surface area contributed by atoms with Gasteiger partial charge in [-0.15, -0.1) is 0 Å². The van der Waals surface area contributed by atoms with Gasteiger partial charge in [0.25, 0.3) is 0 Å². The summed E-state index contributed by atoms with van der Waals surface area (Å²) < 4.78 is 5.67. The molecule has 1 aromatic rings. The highest BCUT2D eigenvalue weighted by molar-refractivity contribution is 6.05. The van der Waals surface area contributed by atoms with Gasteiger partial charge in [0.15, 0.2) is 0 Å². The Balaban J connectivity index is 1.50. The Labute approximate surface area is 130 Å². The molecular weight excluding hydrogens is 278 g/mol. The molecule has 1 aromatic carbocycles. The molecule has 0 aromatic heterocycles. The van der Waals surface area contributed by atoms with Crippen molar-refractivity contribution in [1.82, 2.24) is 4.90 Å². The van der Waals surface area contributed by atoms with Crippen molar-refractivity contribution in [3.8, 4) is 5.75 Å². The number of rotatable bonds is 5. The first-order valence-corrected chi connectivity index (χ1v) is 7.86. The van der Waals surface area contributed by atoms with Crippen LogP contribution in [-0.4, -0.2) is 29.9 Å². The lowest BCUT2D eigenvalue weighted by Gasteiger charge is -2.15. The highest BCUT2D eigenvalue weighted by Crippen LogP contribution is 2.34. The number of hydrogen-bond acceptors (Lipinski definition) is 3. The van der Waals surface area contributed by atoms with Crippen molar-refractivity contribution in [2.75, 3.05) is 13.2 Å². The molecule has 0 saturated carbocycles. The van der Waals surface area contributed by atoms with Gasteiger partial charge in [0, 0.05) is 6.54 Å². The van der Waals surface area contributed by atoms with Crippen LogP contribution in [0.1, 0.15) is 24.8 Å². The second-order valence-corrected chi connectivity index (χ2v) is 6.00. The summed E-state index contributed by atoms with van der Waals surface area (Å²) >= 11 is 0. The zero-order chi connectivity index (χ0) is 15.5. The van der Waals surface area contributed by atoms with Crippen LogP contribution < -0.4 is 4.74 Å². The van der Waals surface area contributed by atoms with E-state index in [1.165, 1.54) is 4.90 Å². The van der Waals surface area contributed by atoms with Gasteiger partial charge in [-0.05, 0) is 43.9 Å². The molecule has 4 nitrogen and oxygen atoms in total. The summed E-state index contributed by atoms with van der Waals surface area (Å²) in [6.45, 7) is 2.98. The minimum Gasteiger partial charge on any atom is -0.494 e. The van der Waals surface area contributed by atoms with Gasteiger partial charge >= 0.3 is 0 Å². The number of carbonyl (C=O) groups is 2. The molecule has 1 aliphatic carbocycles. The lowest BCUT2D eigenvalue weighted by Crippen LogP contribution is -2.32. The number of fused-ring (bicyclic) bond motifs is 1. The first kappa shape index (κ1) is 14.8. The third kappa shape index (κ3) is 2.91. The molecule has 0 spiro atoms. The van der Waals surface area contributed by atoms with Crippen molar-refractivity contribution in [2.45, 2.75) is 26.2 Å². The monoisotopic (exact) mass is 299 g/mol. The van der Waals surface area contributed by atoms with Crippen LogP contribution in [0.15, 0.2) is 36.4 Å².